The standard InChI is InChI=1S/C57H75Cl4N7O8S2/c1-65-35-51(49-29-43(58)31-55(60)53(49)37-65)41-9-6-13-47(27-41)77(71,72)39-40-15-19-67(33-40)21-25-75-23-8-12-46(69)11-4-3-5-17-62-57(70)63-18-24-76-26-22-68-20-16-45(34-68)64-78(73,74)48-14-7-10-42(28-48)52-36-66(2)38-54-50(52)30-44(59)32-56(54)61/h6-7,9-10,13-14,27-32,40,45,51-52,64H,3-5,8,11-12,15-26,33-39H2,1-2H3,(H2,62,63,70)/t40-,45-,51?,52?/m1/s1. The lowest BCUT2D eigenvalue weighted by molar-refractivity contribution is -0.119. The van der Waals surface area contributed by atoms with Crippen molar-refractivity contribution in [3.8, 4) is 0 Å². The molecule has 2 saturated heterocycles. The minimum absolute atomic E-state index is 0.0406. The molecule has 4 aliphatic heterocycles. The van der Waals surface area contributed by atoms with Crippen LogP contribution >= 0.6 is 46.4 Å². The number of carbonyl (C=O) groups is 2. The summed E-state index contributed by atoms with van der Waals surface area (Å²) >= 11 is 25.9. The van der Waals surface area contributed by atoms with E-state index < -0.39 is 19.9 Å². The van der Waals surface area contributed by atoms with E-state index in [4.69, 9.17) is 55.9 Å². The Morgan fingerprint density at radius 3 is 1.83 bits per heavy atom. The van der Waals surface area contributed by atoms with Crippen molar-refractivity contribution >= 4 is 78.1 Å². The van der Waals surface area contributed by atoms with Crippen LogP contribution in [0, 0.1) is 5.92 Å². The summed E-state index contributed by atoms with van der Waals surface area (Å²) in [6, 6.07) is 21.4. The zero-order chi connectivity index (χ0) is 55.4. The fourth-order valence-corrected chi connectivity index (χ4v) is 15.5. The van der Waals surface area contributed by atoms with Crippen LogP contribution in [0.25, 0.3) is 0 Å². The fraction of sp³-hybridized carbons (Fsp3) is 0.544. The summed E-state index contributed by atoms with van der Waals surface area (Å²) in [6.07, 6.45) is 5.52. The third-order valence-corrected chi connectivity index (χ3v) is 19.9. The Balaban J connectivity index is 0.610. The minimum atomic E-state index is -3.77. The molecule has 21 heteroatoms. The van der Waals surface area contributed by atoms with E-state index in [0.717, 1.165) is 85.2 Å². The number of sulfonamides is 1. The van der Waals surface area contributed by atoms with Crippen LogP contribution in [0.5, 0.6) is 0 Å². The van der Waals surface area contributed by atoms with Gasteiger partial charge in [0.25, 0.3) is 0 Å². The molecule has 4 heterocycles. The molecular weight excluding hydrogens is 1120 g/mol. The Morgan fingerprint density at radius 2 is 1.18 bits per heavy atom. The molecule has 426 valence electrons. The van der Waals surface area contributed by atoms with Gasteiger partial charge in [-0.1, -0.05) is 77.1 Å². The third kappa shape index (κ3) is 17.1. The van der Waals surface area contributed by atoms with Gasteiger partial charge in [0, 0.05) is 123 Å². The highest BCUT2D eigenvalue weighted by molar-refractivity contribution is 7.91. The first kappa shape index (κ1) is 60.7. The summed E-state index contributed by atoms with van der Waals surface area (Å²) < 4.78 is 69.1. The Morgan fingerprint density at radius 1 is 0.615 bits per heavy atom. The van der Waals surface area contributed by atoms with Gasteiger partial charge in [0.15, 0.2) is 9.84 Å². The number of amides is 2. The monoisotopic (exact) mass is 1190 g/mol. The smallest absolute Gasteiger partial charge is 0.314 e. The number of hydrogen-bond acceptors (Lipinski definition) is 12. The molecule has 0 aliphatic carbocycles. The Kier molecular flexibility index (Phi) is 22.2. The number of nitrogens with zero attached hydrogens (tertiary/aromatic N) is 4. The maximum Gasteiger partial charge on any atom is 0.314 e. The van der Waals surface area contributed by atoms with Crippen LogP contribution in [0.3, 0.4) is 0 Å². The number of benzene rings is 4. The number of carbonyl (C=O) groups excluding carboxylic acids is 2. The van der Waals surface area contributed by atoms with Gasteiger partial charge in [0.05, 0.1) is 35.4 Å². The van der Waals surface area contributed by atoms with Crippen molar-refractivity contribution in [2.45, 2.75) is 92.1 Å². The van der Waals surface area contributed by atoms with Crippen LogP contribution in [-0.2, 0) is 47.2 Å². The lowest BCUT2D eigenvalue weighted by Gasteiger charge is -2.33. The molecular formula is C57H75Cl4N7O8S2. The van der Waals surface area contributed by atoms with Crippen molar-refractivity contribution in [2.75, 3.05) is 112 Å². The van der Waals surface area contributed by atoms with Crippen LogP contribution in [-0.4, -0.2) is 166 Å². The Hall–Kier alpha value is -3.40. The van der Waals surface area contributed by atoms with Crippen molar-refractivity contribution in [1.82, 2.24) is 35.0 Å². The van der Waals surface area contributed by atoms with Gasteiger partial charge in [0.2, 0.25) is 10.0 Å². The fourth-order valence-electron chi connectivity index (χ4n) is 11.4. The molecule has 0 aromatic heterocycles. The molecule has 78 heavy (non-hydrogen) atoms. The summed E-state index contributed by atoms with van der Waals surface area (Å²) in [7, 11) is -3.21. The van der Waals surface area contributed by atoms with Crippen LogP contribution in [0.15, 0.2) is 82.6 Å². The second-order valence-corrected chi connectivity index (χ2v) is 27.0. The lowest BCUT2D eigenvalue weighted by atomic mass is 9.85. The van der Waals surface area contributed by atoms with E-state index in [1.165, 1.54) is 0 Å². The summed E-state index contributed by atoms with van der Waals surface area (Å²) in [5.41, 5.74) is 5.94. The summed E-state index contributed by atoms with van der Waals surface area (Å²) in [6.45, 7) is 9.82. The highest BCUT2D eigenvalue weighted by Crippen LogP contribution is 2.41. The van der Waals surface area contributed by atoms with E-state index in [-0.39, 0.29) is 46.3 Å². The molecule has 0 saturated carbocycles. The van der Waals surface area contributed by atoms with Gasteiger partial charge in [0.1, 0.15) is 5.78 Å². The van der Waals surface area contributed by atoms with E-state index in [1.807, 2.05) is 50.5 Å². The molecule has 2 unspecified atom stereocenters. The number of sulfone groups is 1. The molecule has 0 radical (unpaired) electrons. The van der Waals surface area contributed by atoms with Gasteiger partial charge in [-0.25, -0.2) is 26.4 Å². The summed E-state index contributed by atoms with van der Waals surface area (Å²) in [4.78, 5) is 34.2. The molecule has 4 aromatic rings. The predicted molar refractivity (Wildman–Crippen MR) is 310 cm³/mol. The number of likely N-dealkylation sites (N-methyl/N-ethyl adjacent to an activating group) is 2. The molecule has 3 N–H and O–H groups in total. The van der Waals surface area contributed by atoms with Crippen molar-refractivity contribution in [1.29, 1.82) is 0 Å². The summed E-state index contributed by atoms with van der Waals surface area (Å²) in [5.74, 6) is 0.240. The van der Waals surface area contributed by atoms with Crippen LogP contribution in [0.2, 0.25) is 20.1 Å². The predicted octanol–water partition coefficient (Wildman–Crippen LogP) is 8.85. The van der Waals surface area contributed by atoms with E-state index in [1.54, 1.807) is 36.4 Å². The number of likely N-dealkylation sites (tertiary alicyclic amines) is 2. The number of rotatable bonds is 27. The minimum Gasteiger partial charge on any atom is -0.380 e. The molecule has 2 amide bonds. The van der Waals surface area contributed by atoms with Crippen LogP contribution < -0.4 is 15.4 Å². The zero-order valence-corrected chi connectivity index (χ0v) is 49.5. The third-order valence-electron chi connectivity index (χ3n) is 15.4. The Bertz CT molecular complexity index is 2740. The molecule has 4 atom stereocenters. The number of fused-ring (bicyclic) bond motifs is 2. The van der Waals surface area contributed by atoms with E-state index >= 15 is 0 Å². The average molecular weight is 1190 g/mol. The topological polar surface area (TPSA) is 170 Å². The highest BCUT2D eigenvalue weighted by atomic mass is 35.5. The van der Waals surface area contributed by atoms with E-state index in [9.17, 15) is 26.4 Å². The molecule has 4 aromatic carbocycles. The van der Waals surface area contributed by atoms with Gasteiger partial charge >= 0.3 is 6.03 Å². The number of ketones is 1. The number of nitrogens with one attached hydrogen (secondary N) is 3. The number of hydrogen-bond donors (Lipinski definition) is 3. The molecule has 4 aliphatic rings. The second-order valence-electron chi connectivity index (χ2n) is 21.6. The van der Waals surface area contributed by atoms with Gasteiger partial charge in [-0.3, -0.25) is 9.69 Å². The normalized spacial score (nSPS) is 20.4. The number of ether oxygens (including phenoxy) is 2. The quantitative estimate of drug-likeness (QED) is 0.0486. The van der Waals surface area contributed by atoms with Crippen molar-refractivity contribution in [3.63, 3.8) is 0 Å². The Labute approximate surface area is 481 Å². The zero-order valence-electron chi connectivity index (χ0n) is 44.8. The molecule has 2 fully saturated rings. The van der Waals surface area contributed by atoms with Gasteiger partial charge in [-0.2, -0.15) is 0 Å². The van der Waals surface area contributed by atoms with Crippen molar-refractivity contribution in [3.05, 3.63) is 126 Å². The first-order valence-electron chi connectivity index (χ1n) is 27.3. The maximum absolute atomic E-state index is 13.7. The van der Waals surface area contributed by atoms with Crippen molar-refractivity contribution < 1.29 is 35.9 Å². The molecule has 15 nitrogen and oxygen atoms in total. The largest absolute Gasteiger partial charge is 0.380 e. The average Bonchev–Trinajstić information content (AvgIpc) is 4.05. The number of unbranched alkanes of at least 4 members (excludes halogenated alkanes) is 2. The number of Topliss-reactive ketones (excluding diaryl/α,β-unsaturated/α-hetero) is 1. The number of urea groups is 1. The van der Waals surface area contributed by atoms with E-state index in [0.29, 0.717) is 129 Å². The van der Waals surface area contributed by atoms with Gasteiger partial charge < -0.3 is 34.8 Å². The number of halogens is 4. The maximum atomic E-state index is 13.7. The highest BCUT2D eigenvalue weighted by Gasteiger charge is 2.33. The second kappa shape index (κ2) is 28.5. The van der Waals surface area contributed by atoms with Gasteiger partial charge in [-0.05, 0) is 147 Å². The van der Waals surface area contributed by atoms with Crippen molar-refractivity contribution in [2.24, 2.45) is 5.92 Å². The van der Waals surface area contributed by atoms with E-state index in [2.05, 4.69) is 35.0 Å². The van der Waals surface area contributed by atoms with Crippen LogP contribution in [0.1, 0.15) is 96.6 Å². The SMILES string of the molecule is CN1Cc2c(Cl)cc(Cl)cc2C(c2cccc(S(=O)(=O)C[C@@H]3CCN(CCOCCCC(=O)CCCCCNC(=O)NCCOCCN4CC[C@@H](NS(=O)(=O)c5cccc(C6CN(C)Cc7c(Cl)cc(Cl)cc76)c5)C4)C3)c2)C1. The first-order valence-corrected chi connectivity index (χ1v) is 32.0. The van der Waals surface area contributed by atoms with Crippen LogP contribution in [0.4, 0.5) is 4.79 Å². The lowest BCUT2D eigenvalue weighted by Crippen LogP contribution is -2.38. The summed E-state index contributed by atoms with van der Waals surface area (Å²) in [5, 5.41) is 8.05. The molecule has 0 spiro atoms. The first-order chi connectivity index (χ1) is 37.4. The van der Waals surface area contributed by atoms with Gasteiger partial charge in [-0.15, -0.1) is 0 Å². The molecule has 0 bridgehead atoms. The molecule has 8 rings (SSSR count).